The number of hydrogen-bond donors (Lipinski definition) is 0. The maximum atomic E-state index is 11.9. The van der Waals surface area contributed by atoms with Gasteiger partial charge in [0.05, 0.1) is 6.54 Å². The first-order valence-corrected chi connectivity index (χ1v) is 6.32. The predicted molar refractivity (Wildman–Crippen MR) is 71.2 cm³/mol. The molecule has 0 radical (unpaired) electrons. The van der Waals surface area contributed by atoms with Crippen molar-refractivity contribution < 1.29 is 14.3 Å². The Hall–Kier alpha value is -1.10. The maximum absolute atomic E-state index is 11.9. The van der Waals surface area contributed by atoms with Crippen LogP contribution in [-0.2, 0) is 14.3 Å². The summed E-state index contributed by atoms with van der Waals surface area (Å²) in [5, 5.41) is 0. The number of carbonyl (C=O) groups is 2. The standard InChI is InChI=1S/C13H26N2O3/c1-10(2)7-8-18-11(3)13(17)15(6)9-12(16)14(4)5/h10-11H,7-9H2,1-6H3/t11-/m1/s1. The smallest absolute Gasteiger partial charge is 0.251 e. The first kappa shape index (κ1) is 16.9. The third-order valence-corrected chi connectivity index (χ3v) is 2.66. The van der Waals surface area contributed by atoms with Gasteiger partial charge in [0.1, 0.15) is 6.10 Å². The highest BCUT2D eigenvalue weighted by Gasteiger charge is 2.20. The molecular formula is C13H26N2O3. The van der Waals surface area contributed by atoms with E-state index in [1.54, 1.807) is 28.1 Å². The van der Waals surface area contributed by atoms with Crippen molar-refractivity contribution in [3.63, 3.8) is 0 Å². The first-order chi connectivity index (χ1) is 8.25. The van der Waals surface area contributed by atoms with Crippen LogP contribution in [0.25, 0.3) is 0 Å². The lowest BCUT2D eigenvalue weighted by atomic mass is 10.1. The van der Waals surface area contributed by atoms with Gasteiger partial charge in [-0.15, -0.1) is 0 Å². The van der Waals surface area contributed by atoms with Gasteiger partial charge in [0.25, 0.3) is 5.91 Å². The van der Waals surface area contributed by atoms with Crippen LogP contribution in [0.4, 0.5) is 0 Å². The molecule has 0 aliphatic rings. The number of nitrogens with zero attached hydrogens (tertiary/aromatic N) is 2. The molecular weight excluding hydrogens is 232 g/mol. The molecule has 0 aromatic carbocycles. The van der Waals surface area contributed by atoms with E-state index in [9.17, 15) is 9.59 Å². The van der Waals surface area contributed by atoms with Crippen molar-refractivity contribution in [1.82, 2.24) is 9.80 Å². The summed E-state index contributed by atoms with van der Waals surface area (Å²) in [7, 11) is 4.96. The van der Waals surface area contributed by atoms with Crippen molar-refractivity contribution in [3.05, 3.63) is 0 Å². The molecule has 5 heteroatoms. The lowest BCUT2D eigenvalue weighted by molar-refractivity contribution is -0.145. The molecule has 0 aromatic rings. The molecule has 0 aliphatic heterocycles. The van der Waals surface area contributed by atoms with Crippen molar-refractivity contribution >= 4 is 11.8 Å². The number of likely N-dealkylation sites (N-methyl/N-ethyl adjacent to an activating group) is 2. The molecule has 0 rings (SSSR count). The minimum Gasteiger partial charge on any atom is -0.369 e. The molecule has 0 saturated heterocycles. The van der Waals surface area contributed by atoms with E-state index in [0.29, 0.717) is 12.5 Å². The highest BCUT2D eigenvalue weighted by Crippen LogP contribution is 2.03. The van der Waals surface area contributed by atoms with Crippen LogP contribution in [0, 0.1) is 5.92 Å². The van der Waals surface area contributed by atoms with E-state index < -0.39 is 6.10 Å². The van der Waals surface area contributed by atoms with Gasteiger partial charge < -0.3 is 14.5 Å². The van der Waals surface area contributed by atoms with E-state index in [1.807, 2.05) is 0 Å². The summed E-state index contributed by atoms with van der Waals surface area (Å²) in [6, 6.07) is 0. The summed E-state index contributed by atoms with van der Waals surface area (Å²) in [4.78, 5) is 26.3. The maximum Gasteiger partial charge on any atom is 0.251 e. The molecule has 0 N–H and O–H groups in total. The molecule has 0 fully saturated rings. The van der Waals surface area contributed by atoms with E-state index in [-0.39, 0.29) is 18.4 Å². The Morgan fingerprint density at radius 3 is 2.11 bits per heavy atom. The van der Waals surface area contributed by atoms with E-state index >= 15 is 0 Å². The van der Waals surface area contributed by atoms with Gasteiger partial charge in [-0.3, -0.25) is 9.59 Å². The third kappa shape index (κ3) is 6.59. The Bertz CT molecular complexity index is 277. The monoisotopic (exact) mass is 258 g/mol. The second-order valence-corrected chi connectivity index (χ2v) is 5.18. The number of rotatable bonds is 7. The predicted octanol–water partition coefficient (Wildman–Crippen LogP) is 0.984. The van der Waals surface area contributed by atoms with Gasteiger partial charge in [-0.1, -0.05) is 13.8 Å². The normalized spacial score (nSPS) is 12.4. The highest BCUT2D eigenvalue weighted by molar-refractivity contribution is 5.86. The van der Waals surface area contributed by atoms with E-state index in [0.717, 1.165) is 6.42 Å². The second-order valence-electron chi connectivity index (χ2n) is 5.18. The Morgan fingerprint density at radius 2 is 1.67 bits per heavy atom. The van der Waals surface area contributed by atoms with Crippen molar-refractivity contribution in [3.8, 4) is 0 Å². The van der Waals surface area contributed by atoms with E-state index in [4.69, 9.17) is 4.74 Å². The fourth-order valence-corrected chi connectivity index (χ4v) is 1.28. The second kappa shape index (κ2) is 8.08. The topological polar surface area (TPSA) is 49.9 Å². The van der Waals surface area contributed by atoms with Crippen LogP contribution in [0.15, 0.2) is 0 Å². The summed E-state index contributed by atoms with van der Waals surface area (Å²) in [6.45, 7) is 6.60. The summed E-state index contributed by atoms with van der Waals surface area (Å²) in [6.07, 6.45) is 0.432. The minimum absolute atomic E-state index is 0.0870. The molecule has 5 nitrogen and oxygen atoms in total. The van der Waals surface area contributed by atoms with Gasteiger partial charge in [-0.25, -0.2) is 0 Å². The van der Waals surface area contributed by atoms with Crippen LogP contribution in [-0.4, -0.2) is 62.0 Å². The molecule has 0 saturated carbocycles. The summed E-state index contributed by atoms with van der Waals surface area (Å²) in [5.41, 5.74) is 0. The summed E-state index contributed by atoms with van der Waals surface area (Å²) >= 11 is 0. The van der Waals surface area contributed by atoms with Gasteiger partial charge in [0.15, 0.2) is 0 Å². The SMILES string of the molecule is CC(C)CCO[C@H](C)C(=O)N(C)CC(=O)N(C)C. The fourth-order valence-electron chi connectivity index (χ4n) is 1.28. The molecule has 2 amide bonds. The highest BCUT2D eigenvalue weighted by atomic mass is 16.5. The molecule has 0 unspecified atom stereocenters. The van der Waals surface area contributed by atoms with E-state index in [1.165, 1.54) is 9.80 Å². The van der Waals surface area contributed by atoms with Crippen molar-refractivity contribution in [2.75, 3.05) is 34.3 Å². The first-order valence-electron chi connectivity index (χ1n) is 6.32. The van der Waals surface area contributed by atoms with Gasteiger partial charge in [-0.05, 0) is 19.3 Å². The molecule has 106 valence electrons. The van der Waals surface area contributed by atoms with Gasteiger partial charge in [-0.2, -0.15) is 0 Å². The number of carbonyl (C=O) groups excluding carboxylic acids is 2. The van der Waals surface area contributed by atoms with Crippen LogP contribution in [0.3, 0.4) is 0 Å². The van der Waals surface area contributed by atoms with Gasteiger partial charge >= 0.3 is 0 Å². The number of amides is 2. The molecule has 0 aliphatic carbocycles. The third-order valence-electron chi connectivity index (χ3n) is 2.66. The van der Waals surface area contributed by atoms with Crippen LogP contribution in [0.5, 0.6) is 0 Å². The molecule has 0 aromatic heterocycles. The fraction of sp³-hybridized carbons (Fsp3) is 0.846. The summed E-state index contributed by atoms with van der Waals surface area (Å²) in [5.74, 6) is 0.300. The van der Waals surface area contributed by atoms with Crippen LogP contribution in [0.1, 0.15) is 27.2 Å². The van der Waals surface area contributed by atoms with Gasteiger partial charge in [0.2, 0.25) is 5.91 Å². The van der Waals surface area contributed by atoms with Crippen LogP contribution < -0.4 is 0 Å². The largest absolute Gasteiger partial charge is 0.369 e. The van der Waals surface area contributed by atoms with Crippen molar-refractivity contribution in [2.24, 2.45) is 5.92 Å². The average Bonchev–Trinajstić information content (AvgIpc) is 2.26. The average molecular weight is 258 g/mol. The number of ether oxygens (including phenoxy) is 1. The Labute approximate surface area is 110 Å². The van der Waals surface area contributed by atoms with Crippen molar-refractivity contribution in [2.45, 2.75) is 33.3 Å². The quantitative estimate of drug-likeness (QED) is 0.684. The molecule has 18 heavy (non-hydrogen) atoms. The zero-order valence-corrected chi connectivity index (χ0v) is 12.4. The Kier molecular flexibility index (Phi) is 7.59. The van der Waals surface area contributed by atoms with Gasteiger partial charge in [0, 0.05) is 27.7 Å². The van der Waals surface area contributed by atoms with E-state index in [2.05, 4.69) is 13.8 Å². The molecule has 1 atom stereocenters. The number of hydrogen-bond acceptors (Lipinski definition) is 3. The molecule has 0 bridgehead atoms. The Balaban J connectivity index is 4.08. The van der Waals surface area contributed by atoms with Crippen molar-refractivity contribution in [1.29, 1.82) is 0 Å². The van der Waals surface area contributed by atoms with Crippen LogP contribution >= 0.6 is 0 Å². The molecule has 0 spiro atoms. The molecule has 0 heterocycles. The minimum atomic E-state index is -0.497. The lowest BCUT2D eigenvalue weighted by Gasteiger charge is -2.22. The zero-order valence-electron chi connectivity index (χ0n) is 12.4. The Morgan fingerprint density at radius 1 is 1.11 bits per heavy atom. The summed E-state index contributed by atoms with van der Waals surface area (Å²) < 4.78 is 5.46. The zero-order chi connectivity index (χ0) is 14.3. The van der Waals surface area contributed by atoms with Crippen LogP contribution in [0.2, 0.25) is 0 Å². The lowest BCUT2D eigenvalue weighted by Crippen LogP contribution is -2.42.